The molecule has 0 unspecified atom stereocenters. The van der Waals surface area contributed by atoms with Gasteiger partial charge < -0.3 is 16.0 Å². The standard InChI is InChI=1S/C14H23N3O/c1-3-7-13(15)14(18)16-10-11-17(2)12-8-5-4-6-9-12/h4-6,8-9,13H,3,7,10-11,15H2,1-2H3,(H,16,18)/t13-/m0/s1. The first-order valence-corrected chi connectivity index (χ1v) is 6.44. The van der Waals surface area contributed by atoms with E-state index in [1.54, 1.807) is 0 Å². The fourth-order valence-corrected chi connectivity index (χ4v) is 1.73. The molecule has 1 atom stereocenters. The van der Waals surface area contributed by atoms with Crippen molar-refractivity contribution in [2.45, 2.75) is 25.8 Å². The van der Waals surface area contributed by atoms with Gasteiger partial charge in [0.2, 0.25) is 5.91 Å². The van der Waals surface area contributed by atoms with Gasteiger partial charge in [-0.2, -0.15) is 0 Å². The van der Waals surface area contributed by atoms with Gasteiger partial charge in [0, 0.05) is 25.8 Å². The van der Waals surface area contributed by atoms with Crippen LogP contribution in [0.5, 0.6) is 0 Å². The van der Waals surface area contributed by atoms with E-state index in [4.69, 9.17) is 5.73 Å². The number of amides is 1. The first kappa shape index (κ1) is 14.5. The molecule has 0 fully saturated rings. The van der Waals surface area contributed by atoms with Gasteiger partial charge in [0.05, 0.1) is 6.04 Å². The van der Waals surface area contributed by atoms with Crippen molar-refractivity contribution in [1.82, 2.24) is 5.32 Å². The lowest BCUT2D eigenvalue weighted by molar-refractivity contribution is -0.122. The Morgan fingerprint density at radius 1 is 1.39 bits per heavy atom. The average Bonchev–Trinajstić information content (AvgIpc) is 2.39. The van der Waals surface area contributed by atoms with Crippen molar-refractivity contribution in [1.29, 1.82) is 0 Å². The Hall–Kier alpha value is -1.55. The first-order chi connectivity index (χ1) is 8.65. The van der Waals surface area contributed by atoms with Gasteiger partial charge in [-0.3, -0.25) is 4.79 Å². The van der Waals surface area contributed by atoms with Crippen LogP contribution in [0, 0.1) is 0 Å². The molecule has 4 nitrogen and oxygen atoms in total. The molecule has 0 aliphatic heterocycles. The summed E-state index contributed by atoms with van der Waals surface area (Å²) in [5.41, 5.74) is 6.87. The molecule has 0 saturated heterocycles. The molecular formula is C14H23N3O. The Labute approximate surface area is 109 Å². The normalized spacial score (nSPS) is 11.9. The van der Waals surface area contributed by atoms with Gasteiger partial charge in [0.25, 0.3) is 0 Å². The van der Waals surface area contributed by atoms with Crippen LogP contribution in [0.15, 0.2) is 30.3 Å². The quantitative estimate of drug-likeness (QED) is 0.767. The molecule has 18 heavy (non-hydrogen) atoms. The maximum absolute atomic E-state index is 11.6. The Bertz CT molecular complexity index is 353. The highest BCUT2D eigenvalue weighted by Crippen LogP contribution is 2.09. The van der Waals surface area contributed by atoms with E-state index in [0.29, 0.717) is 6.54 Å². The number of carbonyl (C=O) groups is 1. The zero-order chi connectivity index (χ0) is 13.4. The minimum Gasteiger partial charge on any atom is -0.373 e. The molecule has 0 saturated carbocycles. The Kier molecular flexibility index (Phi) is 6.22. The summed E-state index contributed by atoms with van der Waals surface area (Å²) < 4.78 is 0. The monoisotopic (exact) mass is 249 g/mol. The van der Waals surface area contributed by atoms with Crippen LogP contribution >= 0.6 is 0 Å². The highest BCUT2D eigenvalue weighted by molar-refractivity contribution is 5.81. The maximum Gasteiger partial charge on any atom is 0.236 e. The lowest BCUT2D eigenvalue weighted by Crippen LogP contribution is -2.43. The minimum atomic E-state index is -0.378. The second-order valence-electron chi connectivity index (χ2n) is 4.44. The zero-order valence-corrected chi connectivity index (χ0v) is 11.2. The number of hydrogen-bond acceptors (Lipinski definition) is 3. The molecule has 0 aliphatic carbocycles. The lowest BCUT2D eigenvalue weighted by atomic mass is 10.2. The summed E-state index contributed by atoms with van der Waals surface area (Å²) >= 11 is 0. The van der Waals surface area contributed by atoms with Crippen molar-refractivity contribution in [3.8, 4) is 0 Å². The summed E-state index contributed by atoms with van der Waals surface area (Å²) in [5, 5.41) is 2.86. The van der Waals surface area contributed by atoms with E-state index in [2.05, 4.69) is 10.2 Å². The van der Waals surface area contributed by atoms with Crippen molar-refractivity contribution < 1.29 is 4.79 Å². The Morgan fingerprint density at radius 2 is 2.06 bits per heavy atom. The number of para-hydroxylation sites is 1. The van der Waals surface area contributed by atoms with Gasteiger partial charge in [-0.25, -0.2) is 0 Å². The van der Waals surface area contributed by atoms with Crippen LogP contribution < -0.4 is 16.0 Å². The van der Waals surface area contributed by atoms with E-state index < -0.39 is 0 Å². The number of benzene rings is 1. The van der Waals surface area contributed by atoms with Crippen molar-refractivity contribution >= 4 is 11.6 Å². The second-order valence-corrected chi connectivity index (χ2v) is 4.44. The third kappa shape index (κ3) is 4.75. The number of anilines is 1. The molecule has 1 rings (SSSR count). The number of likely N-dealkylation sites (N-methyl/N-ethyl adjacent to an activating group) is 1. The molecule has 1 aromatic carbocycles. The van der Waals surface area contributed by atoms with Crippen LogP contribution in [0.4, 0.5) is 5.69 Å². The molecule has 1 amide bonds. The second kappa shape index (κ2) is 7.71. The van der Waals surface area contributed by atoms with Crippen LogP contribution in [0.2, 0.25) is 0 Å². The predicted molar refractivity (Wildman–Crippen MR) is 75.6 cm³/mol. The molecule has 100 valence electrons. The molecule has 0 aliphatic rings. The molecule has 4 heteroatoms. The molecule has 1 aromatic rings. The average molecular weight is 249 g/mol. The van der Waals surface area contributed by atoms with Gasteiger partial charge in [0.15, 0.2) is 0 Å². The number of carbonyl (C=O) groups excluding carboxylic acids is 1. The van der Waals surface area contributed by atoms with E-state index in [1.807, 2.05) is 44.3 Å². The van der Waals surface area contributed by atoms with Gasteiger partial charge in [0.1, 0.15) is 0 Å². The minimum absolute atomic E-state index is 0.0571. The number of nitrogens with one attached hydrogen (secondary N) is 1. The summed E-state index contributed by atoms with van der Waals surface area (Å²) in [6.07, 6.45) is 1.67. The van der Waals surface area contributed by atoms with Crippen LogP contribution in [-0.4, -0.2) is 32.1 Å². The van der Waals surface area contributed by atoms with Gasteiger partial charge in [-0.05, 0) is 18.6 Å². The zero-order valence-electron chi connectivity index (χ0n) is 11.2. The highest BCUT2D eigenvalue weighted by atomic mass is 16.2. The van der Waals surface area contributed by atoms with Crippen molar-refractivity contribution in [2.24, 2.45) is 5.73 Å². The van der Waals surface area contributed by atoms with E-state index in [9.17, 15) is 4.79 Å². The van der Waals surface area contributed by atoms with Crippen LogP contribution in [0.1, 0.15) is 19.8 Å². The molecule has 0 radical (unpaired) electrons. The molecule has 0 bridgehead atoms. The maximum atomic E-state index is 11.6. The van der Waals surface area contributed by atoms with Crippen LogP contribution in [0.3, 0.4) is 0 Å². The number of rotatable bonds is 7. The number of nitrogens with zero attached hydrogens (tertiary/aromatic N) is 1. The van der Waals surface area contributed by atoms with Gasteiger partial charge in [-0.15, -0.1) is 0 Å². The SMILES string of the molecule is CCC[C@H](N)C(=O)NCCN(C)c1ccccc1. The summed E-state index contributed by atoms with van der Waals surface area (Å²) in [4.78, 5) is 13.7. The molecule has 0 spiro atoms. The lowest BCUT2D eigenvalue weighted by Gasteiger charge is -2.20. The van der Waals surface area contributed by atoms with E-state index in [0.717, 1.165) is 25.1 Å². The summed E-state index contributed by atoms with van der Waals surface area (Å²) in [6.45, 7) is 3.41. The van der Waals surface area contributed by atoms with E-state index in [1.165, 1.54) is 0 Å². The fraction of sp³-hybridized carbons (Fsp3) is 0.500. The topological polar surface area (TPSA) is 58.4 Å². The number of hydrogen-bond donors (Lipinski definition) is 2. The molecule has 0 aromatic heterocycles. The van der Waals surface area contributed by atoms with Crippen LogP contribution in [-0.2, 0) is 4.79 Å². The first-order valence-electron chi connectivity index (χ1n) is 6.44. The van der Waals surface area contributed by atoms with E-state index in [-0.39, 0.29) is 11.9 Å². The molecule has 0 heterocycles. The van der Waals surface area contributed by atoms with Gasteiger partial charge >= 0.3 is 0 Å². The molecular weight excluding hydrogens is 226 g/mol. The fourth-order valence-electron chi connectivity index (χ4n) is 1.73. The number of nitrogens with two attached hydrogens (primary N) is 1. The van der Waals surface area contributed by atoms with E-state index >= 15 is 0 Å². The summed E-state index contributed by atoms with van der Waals surface area (Å²) in [6, 6.07) is 9.71. The predicted octanol–water partition coefficient (Wildman–Crippen LogP) is 1.37. The summed E-state index contributed by atoms with van der Waals surface area (Å²) in [5.74, 6) is -0.0571. The summed E-state index contributed by atoms with van der Waals surface area (Å²) in [7, 11) is 2.01. The highest BCUT2D eigenvalue weighted by Gasteiger charge is 2.11. The Morgan fingerprint density at radius 3 is 2.67 bits per heavy atom. The third-order valence-corrected chi connectivity index (χ3v) is 2.88. The third-order valence-electron chi connectivity index (χ3n) is 2.88. The van der Waals surface area contributed by atoms with Crippen molar-refractivity contribution in [3.63, 3.8) is 0 Å². The smallest absolute Gasteiger partial charge is 0.236 e. The van der Waals surface area contributed by atoms with Crippen LogP contribution in [0.25, 0.3) is 0 Å². The van der Waals surface area contributed by atoms with Crippen molar-refractivity contribution in [2.75, 3.05) is 25.0 Å². The molecule has 3 N–H and O–H groups in total. The largest absolute Gasteiger partial charge is 0.373 e. The Balaban J connectivity index is 2.27. The van der Waals surface area contributed by atoms with Crippen molar-refractivity contribution in [3.05, 3.63) is 30.3 Å². The van der Waals surface area contributed by atoms with Gasteiger partial charge in [-0.1, -0.05) is 31.5 Å².